The molecule has 0 bridgehead atoms. The predicted octanol–water partition coefficient (Wildman–Crippen LogP) is 3.32. The molecule has 4 fully saturated rings. The van der Waals surface area contributed by atoms with Crippen LogP contribution in [-0.2, 0) is 4.79 Å². The minimum atomic E-state index is -0.807. The highest BCUT2D eigenvalue weighted by atomic mass is 16.3. The average Bonchev–Trinajstić information content (AvgIpc) is 2.91. The smallest absolute Gasteiger partial charge is 0.139 e. The Morgan fingerprint density at radius 3 is 2.44 bits per heavy atom. The van der Waals surface area contributed by atoms with Crippen molar-refractivity contribution in [3.63, 3.8) is 0 Å². The van der Waals surface area contributed by atoms with Crippen molar-refractivity contribution >= 4 is 5.78 Å². The zero-order valence-corrected chi connectivity index (χ0v) is 17.3. The first-order chi connectivity index (χ1) is 12.6. The second kappa shape index (κ2) is 6.53. The maximum absolute atomic E-state index is 13.0. The zero-order valence-electron chi connectivity index (χ0n) is 17.3. The zero-order chi connectivity index (χ0) is 19.6. The molecule has 4 aliphatic carbocycles. The maximum Gasteiger partial charge on any atom is 0.139 e. The van der Waals surface area contributed by atoms with Gasteiger partial charge < -0.3 is 15.3 Å². The summed E-state index contributed by atoms with van der Waals surface area (Å²) in [6, 6.07) is 0. The first-order valence-corrected chi connectivity index (χ1v) is 11.1. The van der Waals surface area contributed by atoms with E-state index in [1.165, 1.54) is 6.42 Å². The van der Waals surface area contributed by atoms with Gasteiger partial charge in [-0.25, -0.2) is 0 Å². The number of carbonyl (C=O) groups excluding carboxylic acids is 1. The molecule has 0 heterocycles. The fraction of sp³-hybridized carbons (Fsp3) is 0.957. The normalized spacial score (nSPS) is 53.4. The number of hydrogen-bond acceptors (Lipinski definition) is 4. The minimum Gasteiger partial charge on any atom is -0.394 e. The molecule has 4 nitrogen and oxygen atoms in total. The lowest BCUT2D eigenvalue weighted by Gasteiger charge is -2.62. The first-order valence-electron chi connectivity index (χ1n) is 11.1. The molecule has 4 saturated carbocycles. The molecular formula is C23H38O4. The van der Waals surface area contributed by atoms with Gasteiger partial charge in [0.15, 0.2) is 0 Å². The van der Waals surface area contributed by atoms with Crippen molar-refractivity contribution in [3.05, 3.63) is 0 Å². The van der Waals surface area contributed by atoms with E-state index in [0.29, 0.717) is 36.5 Å². The molecule has 0 aromatic rings. The summed E-state index contributed by atoms with van der Waals surface area (Å²) in [6.07, 6.45) is 7.61. The Hall–Kier alpha value is -0.450. The molecule has 3 unspecified atom stereocenters. The molecule has 9 atom stereocenters. The van der Waals surface area contributed by atoms with Gasteiger partial charge in [0.1, 0.15) is 5.78 Å². The highest BCUT2D eigenvalue weighted by Crippen LogP contribution is 2.67. The van der Waals surface area contributed by atoms with Crippen LogP contribution in [0.2, 0.25) is 0 Å². The lowest BCUT2D eigenvalue weighted by Crippen LogP contribution is -2.57. The van der Waals surface area contributed by atoms with Crippen LogP contribution in [0.25, 0.3) is 0 Å². The summed E-state index contributed by atoms with van der Waals surface area (Å²) in [4.78, 5) is 13.0. The number of aliphatic hydroxyl groups is 3. The number of fused-ring (bicyclic) bond motifs is 5. The van der Waals surface area contributed by atoms with Crippen LogP contribution in [0.1, 0.15) is 78.6 Å². The molecule has 0 aliphatic heterocycles. The Morgan fingerprint density at radius 1 is 1.04 bits per heavy atom. The van der Waals surface area contributed by atoms with Crippen LogP contribution < -0.4 is 0 Å². The number of carbonyl (C=O) groups is 1. The van der Waals surface area contributed by atoms with E-state index in [-0.39, 0.29) is 29.3 Å². The summed E-state index contributed by atoms with van der Waals surface area (Å²) in [5.74, 6) is 2.66. The van der Waals surface area contributed by atoms with E-state index in [4.69, 9.17) is 0 Å². The van der Waals surface area contributed by atoms with Crippen LogP contribution in [0.15, 0.2) is 0 Å². The van der Waals surface area contributed by atoms with Gasteiger partial charge in [-0.2, -0.15) is 0 Å². The van der Waals surface area contributed by atoms with Crippen molar-refractivity contribution in [2.45, 2.75) is 90.8 Å². The topological polar surface area (TPSA) is 77.8 Å². The van der Waals surface area contributed by atoms with Gasteiger partial charge in [0.2, 0.25) is 0 Å². The van der Waals surface area contributed by atoms with Crippen LogP contribution in [0.5, 0.6) is 0 Å². The van der Waals surface area contributed by atoms with Crippen molar-refractivity contribution in [1.82, 2.24) is 0 Å². The standard InChI is InChI=1S/C23H38O4/c1-21(11-15(25)12-24)13-23(3)14(10-20(21)27)4-5-16-17-6-7-19(26)22(17,2)9-8-18(16)23/h14-19,24-26H,4-13H2,1-3H3/t14?,15?,16-,17-,18-,19-,21?,22-,23-/m0/s1. The molecule has 4 aliphatic rings. The lowest BCUT2D eigenvalue weighted by atomic mass is 9.42. The quantitative estimate of drug-likeness (QED) is 0.704. The van der Waals surface area contributed by atoms with Crippen molar-refractivity contribution in [1.29, 1.82) is 0 Å². The molecule has 0 radical (unpaired) electrons. The van der Waals surface area contributed by atoms with Gasteiger partial charge in [-0.15, -0.1) is 0 Å². The van der Waals surface area contributed by atoms with Crippen molar-refractivity contribution in [2.75, 3.05) is 6.61 Å². The molecule has 4 rings (SSSR count). The number of hydrogen-bond donors (Lipinski definition) is 3. The molecule has 0 amide bonds. The number of ketones is 1. The van der Waals surface area contributed by atoms with Crippen LogP contribution >= 0.6 is 0 Å². The summed E-state index contributed by atoms with van der Waals surface area (Å²) in [7, 11) is 0. The highest BCUT2D eigenvalue weighted by molar-refractivity contribution is 5.85. The molecule has 3 N–H and O–H groups in total. The van der Waals surface area contributed by atoms with E-state index in [2.05, 4.69) is 13.8 Å². The Labute approximate surface area is 163 Å². The van der Waals surface area contributed by atoms with Gasteiger partial charge in [-0.3, -0.25) is 4.79 Å². The summed E-state index contributed by atoms with van der Waals surface area (Å²) in [5, 5.41) is 30.0. The molecule has 27 heavy (non-hydrogen) atoms. The van der Waals surface area contributed by atoms with E-state index >= 15 is 0 Å². The van der Waals surface area contributed by atoms with Crippen molar-refractivity contribution in [3.8, 4) is 0 Å². The average molecular weight is 379 g/mol. The third-order valence-corrected chi connectivity index (χ3v) is 9.79. The molecule has 0 spiro atoms. The molecule has 154 valence electrons. The van der Waals surface area contributed by atoms with Gasteiger partial charge in [-0.1, -0.05) is 20.8 Å². The molecule has 0 aromatic heterocycles. The third kappa shape index (κ3) is 2.85. The summed E-state index contributed by atoms with van der Waals surface area (Å²) >= 11 is 0. The summed E-state index contributed by atoms with van der Waals surface area (Å²) in [6.45, 7) is 6.48. The summed E-state index contributed by atoms with van der Waals surface area (Å²) < 4.78 is 0. The van der Waals surface area contributed by atoms with Gasteiger partial charge in [0.05, 0.1) is 18.8 Å². The fourth-order valence-corrected chi connectivity index (χ4v) is 8.30. The number of aliphatic hydroxyl groups excluding tert-OH is 3. The summed E-state index contributed by atoms with van der Waals surface area (Å²) in [5.41, 5.74) is -0.300. The number of Topliss-reactive ketones (excluding diaryl/α,β-unsaturated/α-hetero) is 1. The van der Waals surface area contributed by atoms with Gasteiger partial charge >= 0.3 is 0 Å². The van der Waals surface area contributed by atoms with Crippen molar-refractivity contribution in [2.24, 2.45) is 39.9 Å². The van der Waals surface area contributed by atoms with E-state index in [1.807, 2.05) is 6.92 Å². The van der Waals surface area contributed by atoms with Crippen LogP contribution in [0, 0.1) is 39.9 Å². The molecule has 0 saturated heterocycles. The fourth-order valence-electron chi connectivity index (χ4n) is 8.30. The Bertz CT molecular complexity index is 605. The number of rotatable bonds is 3. The van der Waals surface area contributed by atoms with Gasteiger partial charge in [0.25, 0.3) is 0 Å². The SMILES string of the molecule is CC1(CC(O)CO)C[C@@]2(C)C(CC[C@H]3[C@@H]4CC[C@H](O)[C@@]4(C)CC[C@@H]32)CC1=O. The van der Waals surface area contributed by atoms with E-state index in [1.54, 1.807) is 0 Å². The Balaban J connectivity index is 1.62. The third-order valence-electron chi connectivity index (χ3n) is 9.79. The Morgan fingerprint density at radius 2 is 1.74 bits per heavy atom. The lowest BCUT2D eigenvalue weighted by molar-refractivity contribution is -0.163. The minimum absolute atomic E-state index is 0.0885. The van der Waals surface area contributed by atoms with E-state index < -0.39 is 11.5 Å². The van der Waals surface area contributed by atoms with Crippen molar-refractivity contribution < 1.29 is 20.1 Å². The van der Waals surface area contributed by atoms with Crippen LogP contribution in [0.3, 0.4) is 0 Å². The highest BCUT2D eigenvalue weighted by Gasteiger charge is 2.62. The molecule has 0 aromatic carbocycles. The molecule has 4 heteroatoms. The second-order valence-corrected chi connectivity index (χ2v) is 11.2. The maximum atomic E-state index is 13.0. The monoisotopic (exact) mass is 378 g/mol. The van der Waals surface area contributed by atoms with Crippen LogP contribution in [0.4, 0.5) is 0 Å². The predicted molar refractivity (Wildman–Crippen MR) is 104 cm³/mol. The largest absolute Gasteiger partial charge is 0.394 e. The van der Waals surface area contributed by atoms with Gasteiger partial charge in [-0.05, 0) is 85.9 Å². The van der Waals surface area contributed by atoms with Crippen LogP contribution in [-0.4, -0.2) is 39.9 Å². The first kappa shape index (κ1) is 19.8. The van der Waals surface area contributed by atoms with E-state index in [9.17, 15) is 20.1 Å². The van der Waals surface area contributed by atoms with E-state index in [0.717, 1.165) is 38.5 Å². The van der Waals surface area contributed by atoms with Gasteiger partial charge in [0, 0.05) is 11.8 Å². The second-order valence-electron chi connectivity index (χ2n) is 11.2. The molecular weight excluding hydrogens is 340 g/mol. The Kier molecular flexibility index (Phi) is 4.80.